The van der Waals surface area contributed by atoms with Crippen LogP contribution in [0.25, 0.3) is 0 Å². The van der Waals surface area contributed by atoms with Crippen molar-refractivity contribution < 1.29 is 9.53 Å². The van der Waals surface area contributed by atoms with E-state index in [1.165, 1.54) is 0 Å². The maximum Gasteiger partial charge on any atom is 0.143 e. The number of Topliss-reactive ketones (excluding diaryl/α,β-unsaturated/α-hetero) is 1. The third-order valence-electron chi connectivity index (χ3n) is 3.36. The zero-order chi connectivity index (χ0) is 14.5. The van der Waals surface area contributed by atoms with E-state index < -0.39 is 0 Å². The average Bonchev–Trinajstić information content (AvgIpc) is 2.44. The highest BCUT2D eigenvalue weighted by Crippen LogP contribution is 2.24. The highest BCUT2D eigenvalue weighted by molar-refractivity contribution is 5.83. The van der Waals surface area contributed by atoms with E-state index in [1.807, 2.05) is 44.2 Å². The highest BCUT2D eigenvalue weighted by atomic mass is 16.5. The Labute approximate surface area is 119 Å². The van der Waals surface area contributed by atoms with Crippen LogP contribution < -0.4 is 4.74 Å². The van der Waals surface area contributed by atoms with Gasteiger partial charge in [0.15, 0.2) is 0 Å². The highest BCUT2D eigenvalue weighted by Gasteiger charge is 2.13. The number of methoxy groups -OCH3 is 1. The Kier molecular flexibility index (Phi) is 4.51. The Bertz CT molecular complexity index is 606. The molecule has 3 nitrogen and oxygen atoms in total. The Morgan fingerprint density at radius 1 is 1.15 bits per heavy atom. The van der Waals surface area contributed by atoms with Gasteiger partial charge >= 0.3 is 0 Å². The molecule has 0 radical (unpaired) electrons. The molecular weight excluding hydrogens is 250 g/mol. The van der Waals surface area contributed by atoms with Crippen LogP contribution in [0.3, 0.4) is 0 Å². The van der Waals surface area contributed by atoms with Crippen LogP contribution in [-0.2, 0) is 17.6 Å². The molecule has 0 N–H and O–H groups in total. The zero-order valence-electron chi connectivity index (χ0n) is 12.1. The van der Waals surface area contributed by atoms with Crippen molar-refractivity contribution in [2.45, 2.75) is 26.7 Å². The molecule has 1 heterocycles. The van der Waals surface area contributed by atoms with Crippen LogP contribution in [0.4, 0.5) is 0 Å². The minimum absolute atomic E-state index is 0.165. The van der Waals surface area contributed by atoms with Crippen molar-refractivity contribution >= 4 is 5.78 Å². The molecule has 0 bridgehead atoms. The van der Waals surface area contributed by atoms with Crippen LogP contribution in [0.1, 0.15) is 22.4 Å². The molecule has 0 atom stereocenters. The van der Waals surface area contributed by atoms with Crippen LogP contribution in [0.2, 0.25) is 0 Å². The normalized spacial score (nSPS) is 10.3. The van der Waals surface area contributed by atoms with Gasteiger partial charge in [-0.1, -0.05) is 30.3 Å². The number of rotatable bonds is 5. The number of aryl methyl sites for hydroxylation is 1. The molecule has 0 aliphatic carbocycles. The van der Waals surface area contributed by atoms with E-state index >= 15 is 0 Å². The first-order chi connectivity index (χ1) is 9.61. The van der Waals surface area contributed by atoms with Crippen LogP contribution in [0.5, 0.6) is 5.75 Å². The first-order valence-corrected chi connectivity index (χ1v) is 6.66. The lowest BCUT2D eigenvalue weighted by atomic mass is 10.0. The largest absolute Gasteiger partial charge is 0.496 e. The van der Waals surface area contributed by atoms with E-state index in [2.05, 4.69) is 4.98 Å². The number of nitrogens with zero attached hydrogens (tertiary/aromatic N) is 1. The quantitative estimate of drug-likeness (QED) is 0.837. The summed E-state index contributed by atoms with van der Waals surface area (Å²) < 4.78 is 5.36. The van der Waals surface area contributed by atoms with Gasteiger partial charge in [-0.05, 0) is 19.4 Å². The van der Waals surface area contributed by atoms with Gasteiger partial charge in [0.2, 0.25) is 0 Å². The van der Waals surface area contributed by atoms with E-state index in [0.717, 1.165) is 28.1 Å². The topological polar surface area (TPSA) is 39.2 Å². The summed E-state index contributed by atoms with van der Waals surface area (Å²) in [5.74, 6) is 0.986. The van der Waals surface area contributed by atoms with Gasteiger partial charge < -0.3 is 4.74 Å². The third-order valence-corrected chi connectivity index (χ3v) is 3.36. The summed E-state index contributed by atoms with van der Waals surface area (Å²) in [4.78, 5) is 16.5. The lowest BCUT2D eigenvalue weighted by molar-refractivity contribution is -0.117. The molecule has 0 aliphatic heterocycles. The zero-order valence-corrected chi connectivity index (χ0v) is 12.1. The molecule has 20 heavy (non-hydrogen) atoms. The molecule has 1 aromatic carbocycles. The standard InChI is InChI=1S/C17H19NO2/c1-12-11-18-16(13(2)17(12)20-3)10-15(19)9-14-7-5-4-6-8-14/h4-8,11H,9-10H2,1-3H3. The first kappa shape index (κ1) is 14.3. The maximum absolute atomic E-state index is 12.1. The summed E-state index contributed by atoms with van der Waals surface area (Å²) in [7, 11) is 1.64. The van der Waals surface area contributed by atoms with Gasteiger partial charge in [-0.15, -0.1) is 0 Å². The number of aromatic nitrogens is 1. The molecule has 1 aromatic heterocycles. The summed E-state index contributed by atoms with van der Waals surface area (Å²) in [6.45, 7) is 3.90. The predicted molar refractivity (Wildman–Crippen MR) is 79.1 cm³/mol. The predicted octanol–water partition coefficient (Wildman–Crippen LogP) is 3.06. The number of pyridine rings is 1. The second kappa shape index (κ2) is 6.33. The maximum atomic E-state index is 12.1. The van der Waals surface area contributed by atoms with Gasteiger partial charge in [0, 0.05) is 30.2 Å². The summed E-state index contributed by atoms with van der Waals surface area (Å²) in [5, 5.41) is 0. The fraction of sp³-hybridized carbons (Fsp3) is 0.294. The molecule has 2 rings (SSSR count). The number of ketones is 1. The Morgan fingerprint density at radius 3 is 2.50 bits per heavy atom. The van der Waals surface area contributed by atoms with Gasteiger partial charge in [-0.3, -0.25) is 9.78 Å². The van der Waals surface area contributed by atoms with Crippen molar-refractivity contribution in [3.05, 3.63) is 58.9 Å². The fourth-order valence-electron chi connectivity index (χ4n) is 2.32. The average molecular weight is 269 g/mol. The van der Waals surface area contributed by atoms with Crippen molar-refractivity contribution in [2.24, 2.45) is 0 Å². The van der Waals surface area contributed by atoms with E-state index in [-0.39, 0.29) is 5.78 Å². The second-order valence-corrected chi connectivity index (χ2v) is 4.92. The van der Waals surface area contributed by atoms with Gasteiger partial charge in [0.05, 0.1) is 12.8 Å². The van der Waals surface area contributed by atoms with E-state index in [9.17, 15) is 4.79 Å². The van der Waals surface area contributed by atoms with Gasteiger partial charge in [0.1, 0.15) is 11.5 Å². The summed E-state index contributed by atoms with van der Waals surface area (Å²) in [5.41, 5.74) is 3.78. The lowest BCUT2D eigenvalue weighted by Gasteiger charge is -2.11. The summed E-state index contributed by atoms with van der Waals surface area (Å²) >= 11 is 0. The molecule has 0 aliphatic rings. The first-order valence-electron chi connectivity index (χ1n) is 6.66. The molecule has 3 heteroatoms. The van der Waals surface area contributed by atoms with E-state index in [0.29, 0.717) is 12.8 Å². The molecular formula is C17H19NO2. The van der Waals surface area contributed by atoms with Gasteiger partial charge in [0.25, 0.3) is 0 Å². The Morgan fingerprint density at radius 2 is 1.85 bits per heavy atom. The smallest absolute Gasteiger partial charge is 0.143 e. The van der Waals surface area contributed by atoms with Crippen molar-refractivity contribution in [3.63, 3.8) is 0 Å². The van der Waals surface area contributed by atoms with E-state index in [1.54, 1.807) is 13.3 Å². The molecule has 0 saturated carbocycles. The second-order valence-electron chi connectivity index (χ2n) is 4.92. The van der Waals surface area contributed by atoms with Crippen molar-refractivity contribution in [3.8, 4) is 5.75 Å². The molecule has 0 unspecified atom stereocenters. The number of benzene rings is 1. The fourth-order valence-corrected chi connectivity index (χ4v) is 2.32. The van der Waals surface area contributed by atoms with E-state index in [4.69, 9.17) is 4.74 Å². The number of hydrogen-bond acceptors (Lipinski definition) is 3. The molecule has 104 valence electrons. The lowest BCUT2D eigenvalue weighted by Crippen LogP contribution is -2.10. The van der Waals surface area contributed by atoms with Crippen molar-refractivity contribution in [2.75, 3.05) is 7.11 Å². The van der Waals surface area contributed by atoms with Crippen molar-refractivity contribution in [1.29, 1.82) is 0 Å². The number of ether oxygens (including phenoxy) is 1. The Balaban J connectivity index is 2.12. The van der Waals surface area contributed by atoms with Crippen molar-refractivity contribution in [1.82, 2.24) is 4.98 Å². The minimum Gasteiger partial charge on any atom is -0.496 e. The van der Waals surface area contributed by atoms with Crippen LogP contribution in [-0.4, -0.2) is 17.9 Å². The van der Waals surface area contributed by atoms with Gasteiger partial charge in [-0.25, -0.2) is 0 Å². The molecule has 0 spiro atoms. The molecule has 2 aromatic rings. The summed E-state index contributed by atoms with van der Waals surface area (Å²) in [6.07, 6.45) is 2.55. The van der Waals surface area contributed by atoms with Crippen LogP contribution in [0, 0.1) is 13.8 Å². The number of carbonyl (C=O) groups excluding carboxylic acids is 1. The minimum atomic E-state index is 0.165. The molecule has 0 saturated heterocycles. The SMILES string of the molecule is COc1c(C)cnc(CC(=O)Cc2ccccc2)c1C. The van der Waals surface area contributed by atoms with Crippen LogP contribution >= 0.6 is 0 Å². The van der Waals surface area contributed by atoms with Crippen LogP contribution in [0.15, 0.2) is 36.5 Å². The Hall–Kier alpha value is -2.16. The monoisotopic (exact) mass is 269 g/mol. The third kappa shape index (κ3) is 3.23. The molecule has 0 fully saturated rings. The molecule has 0 amide bonds. The van der Waals surface area contributed by atoms with Gasteiger partial charge in [-0.2, -0.15) is 0 Å². The summed E-state index contributed by atoms with van der Waals surface area (Å²) in [6, 6.07) is 9.77. The number of hydrogen-bond donors (Lipinski definition) is 0. The number of carbonyl (C=O) groups is 1.